The lowest BCUT2D eigenvalue weighted by Gasteiger charge is -2.35. The SMILES string of the molecule is Nc1ncnc2nc(-c3cnc(C4(N)CCC4)[nH]3)[nH]c12. The number of nitrogens with zero attached hydrogens (tertiary/aromatic N) is 4. The Morgan fingerprint density at radius 3 is 2.70 bits per heavy atom. The van der Waals surface area contributed by atoms with Crippen molar-refractivity contribution in [3.8, 4) is 11.5 Å². The van der Waals surface area contributed by atoms with Gasteiger partial charge in [-0.25, -0.2) is 19.9 Å². The summed E-state index contributed by atoms with van der Waals surface area (Å²) in [7, 11) is 0. The maximum Gasteiger partial charge on any atom is 0.183 e. The molecule has 8 heteroatoms. The van der Waals surface area contributed by atoms with Gasteiger partial charge in [0.25, 0.3) is 0 Å². The molecular weight excluding hydrogens is 256 g/mol. The number of hydrogen-bond donors (Lipinski definition) is 4. The number of hydrogen-bond acceptors (Lipinski definition) is 6. The van der Waals surface area contributed by atoms with Gasteiger partial charge in [0.2, 0.25) is 0 Å². The first-order chi connectivity index (χ1) is 9.66. The molecule has 0 atom stereocenters. The van der Waals surface area contributed by atoms with Gasteiger partial charge in [0.1, 0.15) is 23.4 Å². The number of nitrogens with one attached hydrogen (secondary N) is 2. The molecule has 102 valence electrons. The number of anilines is 1. The van der Waals surface area contributed by atoms with Crippen LogP contribution >= 0.6 is 0 Å². The van der Waals surface area contributed by atoms with Crippen molar-refractivity contribution in [3.63, 3.8) is 0 Å². The molecule has 20 heavy (non-hydrogen) atoms. The lowest BCUT2D eigenvalue weighted by atomic mass is 9.77. The van der Waals surface area contributed by atoms with Crippen LogP contribution in [0.5, 0.6) is 0 Å². The molecule has 4 rings (SSSR count). The largest absolute Gasteiger partial charge is 0.382 e. The molecule has 0 saturated heterocycles. The lowest BCUT2D eigenvalue weighted by Crippen LogP contribution is -2.44. The fraction of sp³-hybridized carbons (Fsp3) is 0.333. The summed E-state index contributed by atoms with van der Waals surface area (Å²) in [6, 6.07) is 0. The molecule has 0 amide bonds. The monoisotopic (exact) mass is 270 g/mol. The van der Waals surface area contributed by atoms with E-state index in [4.69, 9.17) is 11.5 Å². The van der Waals surface area contributed by atoms with Crippen LogP contribution in [-0.4, -0.2) is 29.9 Å². The molecule has 8 nitrogen and oxygen atoms in total. The molecule has 6 N–H and O–H groups in total. The standard InChI is InChI=1S/C12H14N8/c13-8-7-10(17-5-16-8)20-9(19-7)6-4-15-11(18-6)12(14)2-1-3-12/h4-5H,1-3,14H2,(H,15,18)(H3,13,16,17,19,20). The summed E-state index contributed by atoms with van der Waals surface area (Å²) in [5, 5.41) is 0. The summed E-state index contributed by atoms with van der Waals surface area (Å²) in [4.78, 5) is 23.1. The van der Waals surface area contributed by atoms with E-state index >= 15 is 0 Å². The lowest BCUT2D eigenvalue weighted by molar-refractivity contribution is 0.240. The molecule has 0 aromatic carbocycles. The number of nitrogen functional groups attached to an aromatic ring is 1. The van der Waals surface area contributed by atoms with E-state index in [1.54, 1.807) is 6.20 Å². The average Bonchev–Trinajstić information content (AvgIpc) is 3.02. The second-order valence-corrected chi connectivity index (χ2v) is 5.20. The number of aromatic nitrogens is 6. The van der Waals surface area contributed by atoms with E-state index in [2.05, 4.69) is 29.9 Å². The van der Waals surface area contributed by atoms with Crippen molar-refractivity contribution >= 4 is 17.0 Å². The molecule has 0 unspecified atom stereocenters. The van der Waals surface area contributed by atoms with Crippen LogP contribution in [0, 0.1) is 0 Å². The third kappa shape index (κ3) is 1.51. The summed E-state index contributed by atoms with van der Waals surface area (Å²) in [5.41, 5.74) is 13.7. The van der Waals surface area contributed by atoms with Crippen LogP contribution in [-0.2, 0) is 5.54 Å². The summed E-state index contributed by atoms with van der Waals surface area (Å²) in [6.45, 7) is 0. The Kier molecular flexibility index (Phi) is 2.14. The summed E-state index contributed by atoms with van der Waals surface area (Å²) in [5.74, 6) is 1.81. The molecule has 1 fully saturated rings. The van der Waals surface area contributed by atoms with Crippen LogP contribution < -0.4 is 11.5 Å². The van der Waals surface area contributed by atoms with Crippen LogP contribution in [0.3, 0.4) is 0 Å². The number of imidazole rings is 2. The third-order valence-corrected chi connectivity index (χ3v) is 3.87. The van der Waals surface area contributed by atoms with Gasteiger partial charge in [0.05, 0.1) is 11.7 Å². The molecule has 0 aliphatic heterocycles. The smallest absolute Gasteiger partial charge is 0.183 e. The van der Waals surface area contributed by atoms with E-state index in [0.29, 0.717) is 22.8 Å². The molecule has 1 saturated carbocycles. The van der Waals surface area contributed by atoms with E-state index in [1.165, 1.54) is 6.33 Å². The molecule has 1 aliphatic rings. The van der Waals surface area contributed by atoms with Gasteiger partial charge in [-0.05, 0) is 19.3 Å². The Balaban J connectivity index is 1.77. The highest BCUT2D eigenvalue weighted by Gasteiger charge is 2.37. The van der Waals surface area contributed by atoms with Crippen molar-refractivity contribution in [1.82, 2.24) is 29.9 Å². The van der Waals surface area contributed by atoms with Crippen LogP contribution in [0.2, 0.25) is 0 Å². The quantitative estimate of drug-likeness (QED) is 0.540. The number of H-pyrrole nitrogens is 2. The van der Waals surface area contributed by atoms with Crippen molar-refractivity contribution in [2.45, 2.75) is 24.8 Å². The number of nitrogens with two attached hydrogens (primary N) is 2. The molecule has 3 aromatic rings. The Morgan fingerprint density at radius 1 is 1.15 bits per heavy atom. The van der Waals surface area contributed by atoms with Crippen molar-refractivity contribution in [2.75, 3.05) is 5.73 Å². The van der Waals surface area contributed by atoms with Crippen LogP contribution in [0.1, 0.15) is 25.1 Å². The maximum absolute atomic E-state index is 6.25. The van der Waals surface area contributed by atoms with E-state index in [1.807, 2.05) is 0 Å². The van der Waals surface area contributed by atoms with E-state index in [9.17, 15) is 0 Å². The van der Waals surface area contributed by atoms with Gasteiger partial charge < -0.3 is 21.4 Å². The maximum atomic E-state index is 6.25. The Morgan fingerprint density at radius 2 is 2.00 bits per heavy atom. The molecule has 0 spiro atoms. The normalized spacial score (nSPS) is 17.2. The number of aromatic amines is 2. The predicted molar refractivity (Wildman–Crippen MR) is 73.4 cm³/mol. The van der Waals surface area contributed by atoms with Gasteiger partial charge in [0, 0.05) is 0 Å². The van der Waals surface area contributed by atoms with Gasteiger partial charge in [-0.3, -0.25) is 0 Å². The van der Waals surface area contributed by atoms with Gasteiger partial charge in [0.15, 0.2) is 17.3 Å². The highest BCUT2D eigenvalue weighted by atomic mass is 15.1. The van der Waals surface area contributed by atoms with Crippen molar-refractivity contribution < 1.29 is 0 Å². The zero-order chi connectivity index (χ0) is 13.7. The minimum atomic E-state index is -0.316. The zero-order valence-electron chi connectivity index (χ0n) is 10.7. The van der Waals surface area contributed by atoms with E-state index in [0.717, 1.165) is 30.8 Å². The fourth-order valence-electron chi connectivity index (χ4n) is 2.46. The Labute approximate surface area is 114 Å². The first kappa shape index (κ1) is 11.4. The van der Waals surface area contributed by atoms with Gasteiger partial charge in [-0.1, -0.05) is 0 Å². The number of rotatable bonds is 2. The van der Waals surface area contributed by atoms with Crippen molar-refractivity contribution in [2.24, 2.45) is 5.73 Å². The molecule has 3 heterocycles. The number of fused-ring (bicyclic) bond motifs is 1. The van der Waals surface area contributed by atoms with E-state index < -0.39 is 0 Å². The fourth-order valence-corrected chi connectivity index (χ4v) is 2.46. The molecular formula is C12H14N8. The van der Waals surface area contributed by atoms with Crippen molar-refractivity contribution in [1.29, 1.82) is 0 Å². The topological polar surface area (TPSA) is 135 Å². The summed E-state index contributed by atoms with van der Waals surface area (Å²) < 4.78 is 0. The van der Waals surface area contributed by atoms with E-state index in [-0.39, 0.29) is 5.54 Å². The van der Waals surface area contributed by atoms with Crippen LogP contribution in [0.25, 0.3) is 22.7 Å². The summed E-state index contributed by atoms with van der Waals surface area (Å²) >= 11 is 0. The Hall–Kier alpha value is -2.48. The third-order valence-electron chi connectivity index (χ3n) is 3.87. The molecule has 1 aliphatic carbocycles. The van der Waals surface area contributed by atoms with Crippen molar-refractivity contribution in [3.05, 3.63) is 18.3 Å². The zero-order valence-corrected chi connectivity index (χ0v) is 10.7. The highest BCUT2D eigenvalue weighted by Crippen LogP contribution is 2.37. The van der Waals surface area contributed by atoms with Gasteiger partial charge in [-0.15, -0.1) is 0 Å². The summed E-state index contributed by atoms with van der Waals surface area (Å²) in [6.07, 6.45) is 6.17. The Bertz CT molecular complexity index is 782. The van der Waals surface area contributed by atoms with Crippen LogP contribution in [0.4, 0.5) is 5.82 Å². The predicted octanol–water partition coefficient (Wildman–Crippen LogP) is 0.663. The minimum Gasteiger partial charge on any atom is -0.382 e. The van der Waals surface area contributed by atoms with Gasteiger partial charge in [-0.2, -0.15) is 0 Å². The van der Waals surface area contributed by atoms with Gasteiger partial charge >= 0.3 is 0 Å². The second kappa shape index (κ2) is 3.76. The molecule has 0 radical (unpaired) electrons. The first-order valence-corrected chi connectivity index (χ1v) is 6.47. The first-order valence-electron chi connectivity index (χ1n) is 6.47. The highest BCUT2D eigenvalue weighted by molar-refractivity contribution is 5.83. The average molecular weight is 270 g/mol. The molecule has 3 aromatic heterocycles. The van der Waals surface area contributed by atoms with Crippen LogP contribution in [0.15, 0.2) is 12.5 Å². The minimum absolute atomic E-state index is 0.316. The molecule has 0 bridgehead atoms. The second-order valence-electron chi connectivity index (χ2n) is 5.20.